The molecule has 174 valence electrons. The topological polar surface area (TPSA) is 87.7 Å². The summed E-state index contributed by atoms with van der Waals surface area (Å²) in [4.78, 5) is 40.5. The summed E-state index contributed by atoms with van der Waals surface area (Å²) in [5.41, 5.74) is 1.44. The van der Waals surface area contributed by atoms with E-state index in [2.05, 4.69) is 24.1 Å². The van der Waals surface area contributed by atoms with Crippen molar-refractivity contribution < 1.29 is 14.3 Å². The van der Waals surface area contributed by atoms with Gasteiger partial charge in [-0.3, -0.25) is 4.79 Å². The van der Waals surface area contributed by atoms with Crippen molar-refractivity contribution in [1.82, 2.24) is 20.2 Å². The number of amides is 2. The van der Waals surface area contributed by atoms with E-state index in [9.17, 15) is 9.59 Å². The van der Waals surface area contributed by atoms with Gasteiger partial charge in [-0.25, -0.2) is 14.8 Å². The van der Waals surface area contributed by atoms with Crippen LogP contribution in [0, 0.1) is 5.92 Å². The molecule has 0 spiro atoms. The van der Waals surface area contributed by atoms with Crippen LogP contribution < -0.4 is 10.2 Å². The second kappa shape index (κ2) is 10.0. The third kappa shape index (κ3) is 4.82. The third-order valence-electron chi connectivity index (χ3n) is 6.21. The van der Waals surface area contributed by atoms with E-state index in [1.54, 1.807) is 11.8 Å². The first kappa shape index (κ1) is 22.8. The number of thiophene rings is 1. The molecular formula is C23H33N5O3S. The Balaban J connectivity index is 1.51. The highest BCUT2D eigenvalue weighted by atomic mass is 32.1. The van der Waals surface area contributed by atoms with Gasteiger partial charge in [0.15, 0.2) is 0 Å². The highest BCUT2D eigenvalue weighted by Gasteiger charge is 2.28. The SMILES string of the molecule is CCCc1nc(N2CCN(C(=O)NCC(=O)OCC)CC2)c2c3c(sc2n1)CC(C)CC3. The second-order valence-electron chi connectivity index (χ2n) is 8.68. The summed E-state index contributed by atoms with van der Waals surface area (Å²) in [7, 11) is 0. The van der Waals surface area contributed by atoms with Gasteiger partial charge in [-0.1, -0.05) is 13.8 Å². The molecule has 0 bridgehead atoms. The van der Waals surface area contributed by atoms with E-state index in [4.69, 9.17) is 14.7 Å². The number of ether oxygens (including phenoxy) is 1. The lowest BCUT2D eigenvalue weighted by Gasteiger charge is -2.36. The molecule has 2 aromatic heterocycles. The minimum atomic E-state index is -0.414. The highest BCUT2D eigenvalue weighted by Crippen LogP contribution is 2.41. The fraction of sp³-hybridized carbons (Fsp3) is 0.652. The number of carbonyl (C=O) groups is 2. The van der Waals surface area contributed by atoms with Crippen LogP contribution in [0.3, 0.4) is 0 Å². The predicted octanol–water partition coefficient (Wildman–Crippen LogP) is 3.16. The number of piperazine rings is 1. The smallest absolute Gasteiger partial charge is 0.325 e. The van der Waals surface area contributed by atoms with E-state index in [1.807, 2.05) is 11.3 Å². The molecule has 1 atom stereocenters. The van der Waals surface area contributed by atoms with Crippen LogP contribution >= 0.6 is 11.3 Å². The zero-order valence-electron chi connectivity index (χ0n) is 19.3. The molecule has 1 N–H and O–H groups in total. The summed E-state index contributed by atoms with van der Waals surface area (Å²) < 4.78 is 4.88. The van der Waals surface area contributed by atoms with Gasteiger partial charge in [0.1, 0.15) is 23.0 Å². The maximum absolute atomic E-state index is 12.4. The molecule has 1 fully saturated rings. The maximum atomic E-state index is 12.4. The molecule has 0 aromatic carbocycles. The van der Waals surface area contributed by atoms with Gasteiger partial charge < -0.3 is 19.9 Å². The molecule has 8 nitrogen and oxygen atoms in total. The Bertz CT molecular complexity index is 984. The number of nitrogens with one attached hydrogen (secondary N) is 1. The Morgan fingerprint density at radius 1 is 1.19 bits per heavy atom. The number of nitrogens with zero attached hydrogens (tertiary/aromatic N) is 4. The Labute approximate surface area is 193 Å². The first-order valence-corrected chi connectivity index (χ1v) is 12.6. The number of carbonyl (C=O) groups excluding carboxylic acids is 2. The van der Waals surface area contributed by atoms with Crippen LogP contribution in [0.2, 0.25) is 0 Å². The fourth-order valence-electron chi connectivity index (χ4n) is 4.52. The number of aryl methyl sites for hydroxylation is 2. The Morgan fingerprint density at radius 3 is 2.69 bits per heavy atom. The first-order chi connectivity index (χ1) is 15.5. The largest absolute Gasteiger partial charge is 0.465 e. The van der Waals surface area contributed by atoms with Gasteiger partial charge in [-0.2, -0.15) is 0 Å². The van der Waals surface area contributed by atoms with E-state index in [0.29, 0.717) is 32.8 Å². The third-order valence-corrected chi connectivity index (χ3v) is 7.36. The fourth-order valence-corrected chi connectivity index (χ4v) is 5.92. The normalized spacial score (nSPS) is 18.5. The van der Waals surface area contributed by atoms with Gasteiger partial charge in [0.2, 0.25) is 0 Å². The van der Waals surface area contributed by atoms with E-state index in [-0.39, 0.29) is 12.6 Å². The van der Waals surface area contributed by atoms with E-state index >= 15 is 0 Å². The summed E-state index contributed by atoms with van der Waals surface area (Å²) in [5.74, 6) is 2.26. The van der Waals surface area contributed by atoms with E-state index < -0.39 is 5.97 Å². The molecule has 1 aliphatic heterocycles. The van der Waals surface area contributed by atoms with Crippen LogP contribution in [-0.4, -0.2) is 66.2 Å². The van der Waals surface area contributed by atoms with Crippen molar-refractivity contribution in [3.8, 4) is 0 Å². The lowest BCUT2D eigenvalue weighted by atomic mass is 9.89. The highest BCUT2D eigenvalue weighted by molar-refractivity contribution is 7.19. The molecule has 0 radical (unpaired) electrons. The average molecular weight is 460 g/mol. The molecule has 1 saturated heterocycles. The quantitative estimate of drug-likeness (QED) is 0.668. The number of fused-ring (bicyclic) bond motifs is 3. The average Bonchev–Trinajstić information content (AvgIpc) is 3.14. The van der Waals surface area contributed by atoms with Crippen molar-refractivity contribution >= 4 is 39.4 Å². The van der Waals surface area contributed by atoms with Gasteiger partial charge in [0.25, 0.3) is 0 Å². The summed E-state index contributed by atoms with van der Waals surface area (Å²) >= 11 is 1.84. The van der Waals surface area contributed by atoms with Gasteiger partial charge >= 0.3 is 12.0 Å². The van der Waals surface area contributed by atoms with Crippen molar-refractivity contribution in [2.45, 2.75) is 52.9 Å². The van der Waals surface area contributed by atoms with Gasteiger partial charge in [-0.15, -0.1) is 11.3 Å². The minimum absolute atomic E-state index is 0.0980. The van der Waals surface area contributed by atoms with Gasteiger partial charge in [-0.05, 0) is 44.1 Å². The number of anilines is 1. The molecule has 4 rings (SSSR count). The molecule has 3 heterocycles. The monoisotopic (exact) mass is 459 g/mol. The van der Waals surface area contributed by atoms with Crippen molar-refractivity contribution in [2.24, 2.45) is 5.92 Å². The van der Waals surface area contributed by atoms with E-state index in [1.165, 1.54) is 22.2 Å². The number of hydrogen-bond acceptors (Lipinski definition) is 7. The predicted molar refractivity (Wildman–Crippen MR) is 126 cm³/mol. The van der Waals surface area contributed by atoms with Crippen molar-refractivity contribution in [1.29, 1.82) is 0 Å². The second-order valence-corrected chi connectivity index (χ2v) is 9.77. The molecular weight excluding hydrogens is 426 g/mol. The maximum Gasteiger partial charge on any atom is 0.325 e. The number of urea groups is 1. The lowest BCUT2D eigenvalue weighted by Crippen LogP contribution is -2.52. The number of aromatic nitrogens is 2. The summed E-state index contributed by atoms with van der Waals surface area (Å²) in [6.45, 7) is 9.05. The first-order valence-electron chi connectivity index (χ1n) is 11.7. The van der Waals surface area contributed by atoms with Crippen LogP contribution in [0.15, 0.2) is 0 Å². The Morgan fingerprint density at radius 2 is 1.97 bits per heavy atom. The zero-order valence-corrected chi connectivity index (χ0v) is 20.1. The lowest BCUT2D eigenvalue weighted by molar-refractivity contribution is -0.141. The Hall–Kier alpha value is -2.42. The van der Waals surface area contributed by atoms with Crippen LogP contribution in [0.25, 0.3) is 10.2 Å². The summed E-state index contributed by atoms with van der Waals surface area (Å²) in [6.07, 6.45) is 5.33. The van der Waals surface area contributed by atoms with Gasteiger partial charge in [0.05, 0.1) is 12.0 Å². The van der Waals surface area contributed by atoms with Crippen LogP contribution in [-0.2, 0) is 28.8 Å². The van der Waals surface area contributed by atoms with Crippen LogP contribution in [0.5, 0.6) is 0 Å². The number of esters is 1. The van der Waals surface area contributed by atoms with Gasteiger partial charge in [0, 0.05) is 37.5 Å². The van der Waals surface area contributed by atoms with E-state index in [0.717, 1.165) is 48.1 Å². The molecule has 9 heteroatoms. The van der Waals surface area contributed by atoms with Crippen molar-refractivity contribution in [3.63, 3.8) is 0 Å². The molecule has 2 aromatic rings. The molecule has 2 amide bonds. The minimum Gasteiger partial charge on any atom is -0.465 e. The summed E-state index contributed by atoms with van der Waals surface area (Å²) in [5, 5.41) is 3.89. The number of hydrogen-bond donors (Lipinski definition) is 1. The standard InChI is InChI=1S/C23H33N5O3S/c1-4-6-18-25-21(20-16-8-7-15(3)13-17(16)32-22(20)26-18)27-9-11-28(12-10-27)23(30)24-14-19(29)31-5-2/h15H,4-14H2,1-3H3,(H,24,30). The van der Waals surface area contributed by atoms with Crippen LogP contribution in [0.1, 0.15) is 49.9 Å². The van der Waals surface area contributed by atoms with Crippen molar-refractivity contribution in [2.75, 3.05) is 44.2 Å². The molecule has 32 heavy (non-hydrogen) atoms. The van der Waals surface area contributed by atoms with Crippen molar-refractivity contribution in [3.05, 3.63) is 16.3 Å². The van der Waals surface area contributed by atoms with Crippen LogP contribution in [0.4, 0.5) is 10.6 Å². The Kier molecular flexibility index (Phi) is 7.13. The molecule has 0 saturated carbocycles. The zero-order chi connectivity index (χ0) is 22.7. The molecule has 1 aliphatic carbocycles. The number of rotatable bonds is 6. The molecule has 2 aliphatic rings. The molecule has 1 unspecified atom stereocenters. The summed E-state index contributed by atoms with van der Waals surface area (Å²) in [6, 6.07) is -0.223.